The average molecular weight is 157 g/mol. The molecule has 1 aliphatic rings. The Morgan fingerprint density at radius 1 is 1.55 bits per heavy atom. The lowest BCUT2D eigenvalue weighted by molar-refractivity contribution is -0.114. The highest BCUT2D eigenvalue weighted by atomic mass is 16.5. The molecule has 2 nitrogen and oxygen atoms in total. The van der Waals surface area contributed by atoms with Crippen LogP contribution in [-0.4, -0.2) is 18.9 Å². The summed E-state index contributed by atoms with van der Waals surface area (Å²) in [5.41, 5.74) is 0.283. The van der Waals surface area contributed by atoms with Gasteiger partial charge in [0.1, 0.15) is 6.23 Å². The molecular weight excluding hydrogens is 138 g/mol. The molecule has 1 fully saturated rings. The van der Waals surface area contributed by atoms with E-state index in [2.05, 4.69) is 33.0 Å². The second-order valence-electron chi connectivity index (χ2n) is 4.04. The van der Waals surface area contributed by atoms with Crippen molar-refractivity contribution >= 4 is 0 Å². The normalized spacial score (nSPS) is 37.1. The van der Waals surface area contributed by atoms with E-state index >= 15 is 0 Å². The fraction of sp³-hybridized carbons (Fsp3) is 1.00. The highest BCUT2D eigenvalue weighted by Gasteiger charge is 2.33. The van der Waals surface area contributed by atoms with Gasteiger partial charge in [-0.05, 0) is 13.3 Å². The van der Waals surface area contributed by atoms with E-state index in [-0.39, 0.29) is 11.6 Å². The molecule has 0 aliphatic carbocycles. The van der Waals surface area contributed by atoms with Gasteiger partial charge in [-0.1, -0.05) is 20.8 Å². The standard InChI is InChI=1S/C9H19NO/c1-5-8-10-6-9(3,4)7(2)11-8/h7-8,10H,5-6H2,1-4H3. The van der Waals surface area contributed by atoms with Crippen molar-refractivity contribution in [2.75, 3.05) is 6.54 Å². The lowest BCUT2D eigenvalue weighted by Crippen LogP contribution is -2.51. The first kappa shape index (κ1) is 9.01. The Labute approximate surface area is 69.3 Å². The van der Waals surface area contributed by atoms with Crippen molar-refractivity contribution in [2.24, 2.45) is 5.41 Å². The quantitative estimate of drug-likeness (QED) is 0.626. The molecule has 66 valence electrons. The predicted molar refractivity (Wildman–Crippen MR) is 46.4 cm³/mol. The summed E-state index contributed by atoms with van der Waals surface area (Å²) >= 11 is 0. The number of hydrogen-bond acceptors (Lipinski definition) is 2. The van der Waals surface area contributed by atoms with Crippen molar-refractivity contribution in [3.8, 4) is 0 Å². The van der Waals surface area contributed by atoms with Crippen LogP contribution < -0.4 is 5.32 Å². The van der Waals surface area contributed by atoms with Crippen LogP contribution in [0.1, 0.15) is 34.1 Å². The van der Waals surface area contributed by atoms with Gasteiger partial charge in [-0.15, -0.1) is 0 Å². The molecule has 0 aromatic heterocycles. The maximum atomic E-state index is 5.74. The Hall–Kier alpha value is -0.0800. The van der Waals surface area contributed by atoms with E-state index in [1.54, 1.807) is 0 Å². The Kier molecular flexibility index (Phi) is 2.55. The highest BCUT2D eigenvalue weighted by Crippen LogP contribution is 2.27. The lowest BCUT2D eigenvalue weighted by atomic mass is 9.86. The van der Waals surface area contributed by atoms with Gasteiger partial charge in [0.25, 0.3) is 0 Å². The van der Waals surface area contributed by atoms with Crippen LogP contribution >= 0.6 is 0 Å². The van der Waals surface area contributed by atoms with Crippen molar-refractivity contribution in [1.29, 1.82) is 0 Å². The monoisotopic (exact) mass is 157 g/mol. The number of rotatable bonds is 1. The van der Waals surface area contributed by atoms with Gasteiger partial charge in [-0.2, -0.15) is 0 Å². The van der Waals surface area contributed by atoms with E-state index in [0.29, 0.717) is 6.10 Å². The molecule has 0 spiro atoms. The Balaban J connectivity index is 2.48. The van der Waals surface area contributed by atoms with Crippen LogP contribution in [0.4, 0.5) is 0 Å². The largest absolute Gasteiger partial charge is 0.360 e. The zero-order chi connectivity index (χ0) is 8.48. The summed E-state index contributed by atoms with van der Waals surface area (Å²) in [6.45, 7) is 9.83. The Morgan fingerprint density at radius 3 is 2.64 bits per heavy atom. The van der Waals surface area contributed by atoms with E-state index in [0.717, 1.165) is 13.0 Å². The van der Waals surface area contributed by atoms with Crippen LogP contribution in [0, 0.1) is 5.41 Å². The van der Waals surface area contributed by atoms with E-state index in [1.165, 1.54) is 0 Å². The van der Waals surface area contributed by atoms with Crippen molar-refractivity contribution in [2.45, 2.75) is 46.4 Å². The SMILES string of the molecule is CCC1NCC(C)(C)C(C)O1. The summed E-state index contributed by atoms with van der Waals surface area (Å²) < 4.78 is 5.74. The third kappa shape index (κ3) is 1.94. The van der Waals surface area contributed by atoms with Crippen LogP contribution in [0.3, 0.4) is 0 Å². The average Bonchev–Trinajstić information content (AvgIpc) is 1.95. The highest BCUT2D eigenvalue weighted by molar-refractivity contribution is 4.83. The van der Waals surface area contributed by atoms with Crippen molar-refractivity contribution in [3.05, 3.63) is 0 Å². The Morgan fingerprint density at radius 2 is 2.18 bits per heavy atom. The summed E-state index contributed by atoms with van der Waals surface area (Å²) in [6.07, 6.45) is 1.70. The fourth-order valence-corrected chi connectivity index (χ4v) is 1.24. The molecule has 11 heavy (non-hydrogen) atoms. The zero-order valence-electron chi connectivity index (χ0n) is 7.98. The van der Waals surface area contributed by atoms with Crippen LogP contribution in [0.2, 0.25) is 0 Å². The van der Waals surface area contributed by atoms with Gasteiger partial charge in [-0.25, -0.2) is 0 Å². The van der Waals surface area contributed by atoms with Crippen molar-refractivity contribution < 1.29 is 4.74 Å². The summed E-state index contributed by atoms with van der Waals surface area (Å²) in [5.74, 6) is 0. The molecule has 0 bridgehead atoms. The predicted octanol–water partition coefficient (Wildman–Crippen LogP) is 1.76. The molecule has 0 amide bonds. The zero-order valence-corrected chi connectivity index (χ0v) is 7.98. The minimum atomic E-state index is 0.276. The smallest absolute Gasteiger partial charge is 0.108 e. The third-order valence-corrected chi connectivity index (χ3v) is 2.63. The van der Waals surface area contributed by atoms with Crippen molar-refractivity contribution in [3.63, 3.8) is 0 Å². The second-order valence-corrected chi connectivity index (χ2v) is 4.04. The van der Waals surface area contributed by atoms with E-state index in [1.807, 2.05) is 0 Å². The minimum absolute atomic E-state index is 0.276. The molecule has 1 saturated heterocycles. The van der Waals surface area contributed by atoms with Gasteiger partial charge >= 0.3 is 0 Å². The lowest BCUT2D eigenvalue weighted by Gasteiger charge is -2.40. The summed E-state index contributed by atoms with van der Waals surface area (Å²) in [7, 11) is 0. The second kappa shape index (κ2) is 3.11. The fourth-order valence-electron chi connectivity index (χ4n) is 1.24. The summed E-state index contributed by atoms with van der Waals surface area (Å²) in [6, 6.07) is 0. The molecule has 0 aromatic rings. The first-order valence-electron chi connectivity index (χ1n) is 4.45. The van der Waals surface area contributed by atoms with Gasteiger partial charge in [0.05, 0.1) is 6.10 Å². The van der Waals surface area contributed by atoms with E-state index < -0.39 is 0 Å². The van der Waals surface area contributed by atoms with E-state index in [4.69, 9.17) is 4.74 Å². The molecule has 2 atom stereocenters. The maximum Gasteiger partial charge on any atom is 0.108 e. The molecule has 0 saturated carbocycles. The van der Waals surface area contributed by atoms with Gasteiger partial charge in [0.15, 0.2) is 0 Å². The topological polar surface area (TPSA) is 21.3 Å². The third-order valence-electron chi connectivity index (χ3n) is 2.63. The molecule has 0 aromatic carbocycles. The Bertz CT molecular complexity index is 134. The van der Waals surface area contributed by atoms with E-state index in [9.17, 15) is 0 Å². The van der Waals surface area contributed by atoms with Crippen molar-refractivity contribution in [1.82, 2.24) is 5.32 Å². The molecular formula is C9H19NO. The van der Waals surface area contributed by atoms with Gasteiger partial charge < -0.3 is 4.74 Å². The van der Waals surface area contributed by atoms with Crippen LogP contribution in [-0.2, 0) is 4.74 Å². The number of hydrogen-bond donors (Lipinski definition) is 1. The van der Waals surface area contributed by atoms with Gasteiger partial charge in [0, 0.05) is 12.0 Å². The number of ether oxygens (including phenoxy) is 1. The first-order valence-corrected chi connectivity index (χ1v) is 4.45. The van der Waals surface area contributed by atoms with Gasteiger partial charge in [0.2, 0.25) is 0 Å². The van der Waals surface area contributed by atoms with Crippen LogP contribution in [0.5, 0.6) is 0 Å². The minimum Gasteiger partial charge on any atom is -0.360 e. The summed E-state index contributed by atoms with van der Waals surface area (Å²) in [4.78, 5) is 0. The summed E-state index contributed by atoms with van der Waals surface area (Å²) in [5, 5.41) is 3.37. The molecule has 1 aliphatic heterocycles. The maximum absolute atomic E-state index is 5.74. The first-order chi connectivity index (χ1) is 5.06. The molecule has 0 radical (unpaired) electrons. The molecule has 2 heteroatoms. The van der Waals surface area contributed by atoms with Gasteiger partial charge in [-0.3, -0.25) is 5.32 Å². The molecule has 1 N–H and O–H groups in total. The molecule has 1 rings (SSSR count). The molecule has 1 heterocycles. The van der Waals surface area contributed by atoms with Crippen LogP contribution in [0.25, 0.3) is 0 Å². The van der Waals surface area contributed by atoms with Crippen LogP contribution in [0.15, 0.2) is 0 Å². The molecule has 2 unspecified atom stereocenters. The number of nitrogens with one attached hydrogen (secondary N) is 1.